The van der Waals surface area contributed by atoms with Crippen LogP contribution in [-0.4, -0.2) is 17.0 Å². The Hall–Kier alpha value is -1.54. The van der Waals surface area contributed by atoms with Crippen LogP contribution >= 0.6 is 34.2 Å². The molecule has 1 aromatic rings. The lowest BCUT2D eigenvalue weighted by Crippen LogP contribution is -2.19. The van der Waals surface area contributed by atoms with Crippen LogP contribution in [0.1, 0.15) is 11.5 Å². The van der Waals surface area contributed by atoms with Gasteiger partial charge in [-0.15, -0.1) is 0 Å². The molecule has 0 spiro atoms. The third-order valence-corrected chi connectivity index (χ3v) is 4.02. The molecule has 0 bridgehead atoms. The Kier molecular flexibility index (Phi) is 4.05. The number of carboxylic acid groups (broad SMARTS) is 1. The molecule has 1 atom stereocenters. The number of benzene rings is 1. The molecule has 0 radical (unpaired) electrons. The number of primary amides is 1. The van der Waals surface area contributed by atoms with E-state index in [-0.39, 0.29) is 16.8 Å². The number of nitrogens with two attached hydrogens (primary N) is 2. The summed E-state index contributed by atoms with van der Waals surface area (Å²) in [7, 11) is 0. The van der Waals surface area contributed by atoms with Crippen LogP contribution in [0.25, 0.3) is 0 Å². The molecule has 20 heavy (non-hydrogen) atoms. The van der Waals surface area contributed by atoms with Crippen LogP contribution in [0.3, 0.4) is 0 Å². The van der Waals surface area contributed by atoms with Crippen molar-refractivity contribution in [2.45, 2.75) is 5.92 Å². The number of carboxylic acids is 1. The summed E-state index contributed by atoms with van der Waals surface area (Å²) in [6, 6.07) is 5.22. The number of carbonyl (C=O) groups is 2. The number of hydrogen-bond donors (Lipinski definition) is 3. The monoisotopic (exact) mass is 404 g/mol. The molecule has 1 aliphatic rings. The minimum Gasteiger partial charge on any atom is -0.478 e. The van der Waals surface area contributed by atoms with Crippen LogP contribution in [-0.2, 0) is 9.59 Å². The van der Waals surface area contributed by atoms with Crippen LogP contribution in [0.2, 0.25) is 5.02 Å². The number of hydrogen-bond acceptors (Lipinski definition) is 3. The molecule has 5 nitrogen and oxygen atoms in total. The summed E-state index contributed by atoms with van der Waals surface area (Å²) in [6.07, 6.45) is 1.44. The first-order valence-corrected chi connectivity index (χ1v) is 6.98. The van der Waals surface area contributed by atoms with Gasteiger partial charge in [-0.1, -0.05) is 23.7 Å². The predicted octanol–water partition coefficient (Wildman–Crippen LogP) is 1.75. The zero-order valence-electron chi connectivity index (χ0n) is 10.1. The van der Waals surface area contributed by atoms with Crippen molar-refractivity contribution in [2.24, 2.45) is 11.5 Å². The SMILES string of the molecule is NC(=O)C1=CC(c2ccc(I)cc2Cl)C(C(=O)O)=C1N. The van der Waals surface area contributed by atoms with Crippen molar-refractivity contribution < 1.29 is 14.7 Å². The number of rotatable bonds is 3. The minimum atomic E-state index is -1.20. The summed E-state index contributed by atoms with van der Waals surface area (Å²) < 4.78 is 0.919. The van der Waals surface area contributed by atoms with E-state index in [4.69, 9.17) is 23.1 Å². The lowest BCUT2D eigenvalue weighted by molar-refractivity contribution is -0.132. The second-order valence-electron chi connectivity index (χ2n) is 4.22. The molecule has 0 heterocycles. The van der Waals surface area contributed by atoms with Gasteiger partial charge in [0, 0.05) is 14.5 Å². The Morgan fingerprint density at radius 1 is 1.35 bits per heavy atom. The second kappa shape index (κ2) is 5.45. The van der Waals surface area contributed by atoms with E-state index in [2.05, 4.69) is 22.6 Å². The molecule has 0 aromatic heterocycles. The Bertz CT molecular complexity index is 682. The molecule has 0 saturated carbocycles. The second-order valence-corrected chi connectivity index (χ2v) is 5.87. The Morgan fingerprint density at radius 3 is 2.50 bits per heavy atom. The lowest BCUT2D eigenvalue weighted by atomic mass is 9.93. The molecule has 1 amide bonds. The number of amides is 1. The topological polar surface area (TPSA) is 106 Å². The molecule has 2 rings (SSSR count). The average Bonchev–Trinajstić information content (AvgIpc) is 2.66. The lowest BCUT2D eigenvalue weighted by Gasteiger charge is -2.13. The van der Waals surface area contributed by atoms with Crippen LogP contribution < -0.4 is 11.5 Å². The van der Waals surface area contributed by atoms with Crippen molar-refractivity contribution in [1.29, 1.82) is 0 Å². The molecule has 0 saturated heterocycles. The molecule has 1 unspecified atom stereocenters. The van der Waals surface area contributed by atoms with E-state index in [0.717, 1.165) is 3.57 Å². The van der Waals surface area contributed by atoms with E-state index >= 15 is 0 Å². The smallest absolute Gasteiger partial charge is 0.334 e. The Balaban J connectivity index is 2.61. The van der Waals surface area contributed by atoms with Crippen molar-refractivity contribution in [3.63, 3.8) is 0 Å². The molecule has 0 fully saturated rings. The molecular formula is C13H10ClIN2O3. The summed E-state index contributed by atoms with van der Waals surface area (Å²) >= 11 is 8.24. The van der Waals surface area contributed by atoms with E-state index < -0.39 is 17.8 Å². The molecule has 0 aliphatic heterocycles. The fourth-order valence-corrected chi connectivity index (χ4v) is 3.09. The highest BCUT2D eigenvalue weighted by atomic mass is 127. The van der Waals surface area contributed by atoms with Gasteiger partial charge in [0.05, 0.1) is 16.8 Å². The van der Waals surface area contributed by atoms with E-state index in [9.17, 15) is 14.7 Å². The maximum atomic E-state index is 11.4. The average molecular weight is 405 g/mol. The fraction of sp³-hybridized carbons (Fsp3) is 0.0769. The summed E-state index contributed by atoms with van der Waals surface area (Å²) in [5.41, 5.74) is 11.3. The molecule has 1 aliphatic carbocycles. The third-order valence-electron chi connectivity index (χ3n) is 3.02. The highest BCUT2D eigenvalue weighted by Crippen LogP contribution is 2.39. The van der Waals surface area contributed by atoms with Crippen molar-refractivity contribution in [1.82, 2.24) is 0 Å². The molecule has 104 valence electrons. The third kappa shape index (κ3) is 2.53. The van der Waals surface area contributed by atoms with Gasteiger partial charge in [0.15, 0.2) is 0 Å². The summed E-state index contributed by atoms with van der Waals surface area (Å²) in [6.45, 7) is 0. The zero-order chi connectivity index (χ0) is 15.0. The van der Waals surface area contributed by atoms with Gasteiger partial charge in [0.25, 0.3) is 5.91 Å². The van der Waals surface area contributed by atoms with Gasteiger partial charge >= 0.3 is 5.97 Å². The maximum absolute atomic E-state index is 11.4. The van der Waals surface area contributed by atoms with Crippen LogP contribution in [0, 0.1) is 3.57 Å². The van der Waals surface area contributed by atoms with E-state index in [1.54, 1.807) is 18.2 Å². The van der Waals surface area contributed by atoms with Crippen LogP contribution in [0.5, 0.6) is 0 Å². The van der Waals surface area contributed by atoms with Gasteiger partial charge in [-0.25, -0.2) is 4.79 Å². The molecular weight excluding hydrogens is 395 g/mol. The van der Waals surface area contributed by atoms with Crippen LogP contribution in [0.15, 0.2) is 41.1 Å². The predicted molar refractivity (Wildman–Crippen MR) is 83.0 cm³/mol. The Labute approximate surface area is 133 Å². The number of halogens is 2. The van der Waals surface area contributed by atoms with E-state index in [0.29, 0.717) is 10.6 Å². The van der Waals surface area contributed by atoms with Crippen molar-refractivity contribution >= 4 is 46.1 Å². The first kappa shape index (κ1) is 14.9. The standard InChI is InChI=1S/C13H10ClIN2O3/c14-9-3-5(15)1-2-6(9)7-4-8(12(17)18)11(16)10(7)13(19)20/h1-4,7H,16H2,(H2,17,18)(H,19,20). The summed E-state index contributed by atoms with van der Waals surface area (Å²) in [5.74, 6) is -2.64. The van der Waals surface area contributed by atoms with Gasteiger partial charge in [-0.2, -0.15) is 0 Å². The normalized spacial score (nSPS) is 18.1. The minimum absolute atomic E-state index is 0.0158. The molecule has 1 aromatic carbocycles. The molecule has 5 N–H and O–H groups in total. The number of carbonyl (C=O) groups excluding carboxylic acids is 1. The van der Waals surface area contributed by atoms with Crippen molar-refractivity contribution in [3.8, 4) is 0 Å². The summed E-state index contributed by atoms with van der Waals surface area (Å²) in [4.78, 5) is 22.7. The first-order valence-electron chi connectivity index (χ1n) is 5.52. The Morgan fingerprint density at radius 2 is 2.00 bits per heavy atom. The van der Waals surface area contributed by atoms with Crippen LogP contribution in [0.4, 0.5) is 0 Å². The highest BCUT2D eigenvalue weighted by molar-refractivity contribution is 14.1. The van der Waals surface area contributed by atoms with Gasteiger partial charge in [0.1, 0.15) is 0 Å². The number of allylic oxidation sites excluding steroid dienone is 1. The van der Waals surface area contributed by atoms with Gasteiger partial charge in [-0.3, -0.25) is 4.79 Å². The maximum Gasteiger partial charge on any atom is 0.334 e. The zero-order valence-corrected chi connectivity index (χ0v) is 13.0. The highest BCUT2D eigenvalue weighted by Gasteiger charge is 2.33. The summed E-state index contributed by atoms with van der Waals surface area (Å²) in [5, 5.41) is 9.70. The van der Waals surface area contributed by atoms with E-state index in [1.807, 2.05) is 0 Å². The van der Waals surface area contributed by atoms with Gasteiger partial charge < -0.3 is 16.6 Å². The van der Waals surface area contributed by atoms with Crippen molar-refractivity contribution in [2.75, 3.05) is 0 Å². The number of aliphatic carboxylic acids is 1. The molecule has 7 heteroatoms. The van der Waals surface area contributed by atoms with Gasteiger partial charge in [0.2, 0.25) is 0 Å². The first-order chi connectivity index (χ1) is 9.32. The van der Waals surface area contributed by atoms with Crippen molar-refractivity contribution in [3.05, 3.63) is 55.3 Å². The largest absolute Gasteiger partial charge is 0.478 e. The quantitative estimate of drug-likeness (QED) is 0.667. The fourth-order valence-electron chi connectivity index (χ4n) is 2.11. The van der Waals surface area contributed by atoms with E-state index in [1.165, 1.54) is 6.08 Å². The van der Waals surface area contributed by atoms with Gasteiger partial charge in [-0.05, 0) is 40.3 Å².